The maximum atomic E-state index is 12.1. The van der Waals surface area contributed by atoms with Gasteiger partial charge in [0, 0.05) is 0 Å². The minimum Gasteiger partial charge on any atom is -0.219 e. The summed E-state index contributed by atoms with van der Waals surface area (Å²) in [5, 5.41) is 0. The van der Waals surface area contributed by atoms with Crippen LogP contribution in [0.15, 0.2) is 46.2 Å². The highest BCUT2D eigenvalue weighted by atomic mass is 32.2. The van der Waals surface area contributed by atoms with E-state index < -0.39 is 20.8 Å². The fourth-order valence-electron chi connectivity index (χ4n) is 0.878. The molecule has 0 fully saturated rings. The third kappa shape index (κ3) is 1.98. The molecule has 0 aliphatic heterocycles. The maximum Gasteiger partial charge on any atom is 0.284 e. The summed E-state index contributed by atoms with van der Waals surface area (Å²) in [6, 6.07) is 7.14. The van der Waals surface area contributed by atoms with Gasteiger partial charge in [0.05, 0.1) is 4.90 Å². The van der Waals surface area contributed by atoms with Gasteiger partial charge in [-0.2, -0.15) is 8.78 Å². The van der Waals surface area contributed by atoms with Gasteiger partial charge in [0.1, 0.15) is 4.91 Å². The highest BCUT2D eigenvalue weighted by Crippen LogP contribution is 2.22. The molecule has 0 unspecified atom stereocenters. The molecule has 1 aromatic carbocycles. The fourth-order valence-corrected chi connectivity index (χ4v) is 1.95. The van der Waals surface area contributed by atoms with E-state index in [1.807, 2.05) is 0 Å². The van der Waals surface area contributed by atoms with Crippen molar-refractivity contribution in [2.45, 2.75) is 11.8 Å². The molecule has 0 saturated carbocycles. The van der Waals surface area contributed by atoms with Crippen molar-refractivity contribution in [1.29, 1.82) is 0 Å². The van der Waals surface area contributed by atoms with E-state index in [2.05, 4.69) is 0 Å². The molecule has 1 aromatic rings. The highest BCUT2D eigenvalue weighted by Gasteiger charge is 2.20. The zero-order valence-corrected chi connectivity index (χ0v) is 8.18. The SMILES string of the molecule is CC(=C(F)F)S(=O)(=O)c1ccccc1. The summed E-state index contributed by atoms with van der Waals surface area (Å²) in [6.45, 7) is 0.887. The summed E-state index contributed by atoms with van der Waals surface area (Å²) in [5.74, 6) is 0. The van der Waals surface area contributed by atoms with Crippen molar-refractivity contribution in [3.8, 4) is 0 Å². The standard InChI is InChI=1S/C9H8F2O2S/c1-7(9(10)11)14(12,13)8-5-3-2-4-6-8/h2-6H,1H3. The predicted octanol–water partition coefficient (Wildman–Crippen LogP) is 2.59. The molecule has 5 heteroatoms. The summed E-state index contributed by atoms with van der Waals surface area (Å²) >= 11 is 0. The summed E-state index contributed by atoms with van der Waals surface area (Å²) in [7, 11) is -4.01. The molecule has 0 heterocycles. The van der Waals surface area contributed by atoms with Crippen molar-refractivity contribution < 1.29 is 17.2 Å². The third-order valence-electron chi connectivity index (χ3n) is 1.72. The van der Waals surface area contributed by atoms with Crippen molar-refractivity contribution in [3.05, 3.63) is 41.3 Å². The Labute approximate surface area is 80.8 Å². The monoisotopic (exact) mass is 218 g/mol. The maximum absolute atomic E-state index is 12.1. The molecule has 2 nitrogen and oxygen atoms in total. The first-order chi connectivity index (χ1) is 6.46. The van der Waals surface area contributed by atoms with Gasteiger partial charge in [0.25, 0.3) is 6.08 Å². The number of halogens is 2. The first-order valence-corrected chi connectivity index (χ1v) is 5.26. The number of allylic oxidation sites excluding steroid dienone is 1. The molecule has 0 aliphatic carbocycles. The van der Waals surface area contributed by atoms with Gasteiger partial charge in [0.15, 0.2) is 0 Å². The average molecular weight is 218 g/mol. The molecule has 0 N–H and O–H groups in total. The van der Waals surface area contributed by atoms with Gasteiger partial charge in [-0.1, -0.05) is 18.2 Å². The molecular formula is C9H8F2O2S. The van der Waals surface area contributed by atoms with Crippen molar-refractivity contribution in [1.82, 2.24) is 0 Å². The molecule has 1 rings (SSSR count). The van der Waals surface area contributed by atoms with Crippen LogP contribution >= 0.6 is 0 Å². The molecule has 14 heavy (non-hydrogen) atoms. The summed E-state index contributed by atoms with van der Waals surface area (Å²) < 4.78 is 47.1. The molecular weight excluding hydrogens is 210 g/mol. The topological polar surface area (TPSA) is 34.1 Å². The zero-order valence-electron chi connectivity index (χ0n) is 7.37. The van der Waals surface area contributed by atoms with Crippen LogP contribution in [0.1, 0.15) is 6.92 Å². The Morgan fingerprint density at radius 1 is 1.14 bits per heavy atom. The second kappa shape index (κ2) is 3.88. The van der Waals surface area contributed by atoms with E-state index >= 15 is 0 Å². The van der Waals surface area contributed by atoms with Gasteiger partial charge in [-0.25, -0.2) is 8.42 Å². The van der Waals surface area contributed by atoms with E-state index in [1.165, 1.54) is 24.3 Å². The Kier molecular flexibility index (Phi) is 3.00. The van der Waals surface area contributed by atoms with E-state index in [1.54, 1.807) is 6.07 Å². The van der Waals surface area contributed by atoms with Crippen LogP contribution in [0.25, 0.3) is 0 Å². The molecule has 0 aliphatic rings. The first-order valence-electron chi connectivity index (χ1n) is 3.78. The Morgan fingerprint density at radius 2 is 1.64 bits per heavy atom. The van der Waals surface area contributed by atoms with Crippen LogP contribution < -0.4 is 0 Å². The lowest BCUT2D eigenvalue weighted by molar-refractivity contribution is 0.416. The zero-order chi connectivity index (χ0) is 10.8. The first kappa shape index (κ1) is 10.8. The van der Waals surface area contributed by atoms with Crippen LogP contribution in [-0.4, -0.2) is 8.42 Å². The minimum atomic E-state index is -4.01. The van der Waals surface area contributed by atoms with Gasteiger partial charge in [-0.05, 0) is 19.1 Å². The number of hydrogen-bond donors (Lipinski definition) is 0. The summed E-state index contributed by atoms with van der Waals surface area (Å²) in [6.07, 6.45) is -2.17. The highest BCUT2D eigenvalue weighted by molar-refractivity contribution is 7.95. The lowest BCUT2D eigenvalue weighted by atomic mass is 10.4. The van der Waals surface area contributed by atoms with E-state index in [4.69, 9.17) is 0 Å². The fraction of sp³-hybridized carbons (Fsp3) is 0.111. The van der Waals surface area contributed by atoms with Gasteiger partial charge in [0.2, 0.25) is 9.84 Å². The molecule has 0 bridgehead atoms. The normalized spacial score (nSPS) is 11.1. The Balaban J connectivity index is 3.31. The van der Waals surface area contributed by atoms with E-state index in [-0.39, 0.29) is 4.90 Å². The number of sulfone groups is 1. The quantitative estimate of drug-likeness (QED) is 0.764. The van der Waals surface area contributed by atoms with Crippen molar-refractivity contribution in [3.63, 3.8) is 0 Å². The van der Waals surface area contributed by atoms with Crippen LogP contribution in [0.4, 0.5) is 8.78 Å². The van der Waals surface area contributed by atoms with Gasteiger partial charge >= 0.3 is 0 Å². The molecule has 0 amide bonds. The van der Waals surface area contributed by atoms with E-state index in [0.717, 1.165) is 6.92 Å². The lowest BCUT2D eigenvalue weighted by Gasteiger charge is -2.02. The van der Waals surface area contributed by atoms with Crippen LogP contribution in [0.5, 0.6) is 0 Å². The van der Waals surface area contributed by atoms with Crippen LogP contribution in [0, 0.1) is 0 Å². The smallest absolute Gasteiger partial charge is 0.219 e. The number of hydrogen-bond acceptors (Lipinski definition) is 2. The molecule has 0 spiro atoms. The molecule has 0 radical (unpaired) electrons. The van der Waals surface area contributed by atoms with Crippen LogP contribution in [0.3, 0.4) is 0 Å². The van der Waals surface area contributed by atoms with Crippen LogP contribution in [0.2, 0.25) is 0 Å². The second-order valence-electron chi connectivity index (χ2n) is 2.63. The minimum absolute atomic E-state index is 0.120. The van der Waals surface area contributed by atoms with Gasteiger partial charge < -0.3 is 0 Å². The van der Waals surface area contributed by atoms with Gasteiger partial charge in [-0.15, -0.1) is 0 Å². The van der Waals surface area contributed by atoms with Crippen LogP contribution in [-0.2, 0) is 9.84 Å². The Morgan fingerprint density at radius 3 is 2.07 bits per heavy atom. The molecule has 0 aromatic heterocycles. The Hall–Kier alpha value is -1.23. The number of rotatable bonds is 2. The summed E-state index contributed by atoms with van der Waals surface area (Å²) in [4.78, 5) is -1.02. The van der Waals surface area contributed by atoms with Crippen molar-refractivity contribution >= 4 is 9.84 Å². The average Bonchev–Trinajstić information content (AvgIpc) is 2.18. The summed E-state index contributed by atoms with van der Waals surface area (Å²) in [5.41, 5.74) is 0. The van der Waals surface area contributed by atoms with Crippen molar-refractivity contribution in [2.75, 3.05) is 0 Å². The van der Waals surface area contributed by atoms with E-state index in [9.17, 15) is 17.2 Å². The van der Waals surface area contributed by atoms with E-state index in [0.29, 0.717) is 0 Å². The third-order valence-corrected chi connectivity index (χ3v) is 3.58. The lowest BCUT2D eigenvalue weighted by Crippen LogP contribution is -2.02. The molecule has 76 valence electrons. The Bertz CT molecular complexity index is 445. The predicted molar refractivity (Wildman–Crippen MR) is 48.5 cm³/mol. The molecule has 0 saturated heterocycles. The number of benzene rings is 1. The van der Waals surface area contributed by atoms with Crippen molar-refractivity contribution in [2.24, 2.45) is 0 Å². The van der Waals surface area contributed by atoms with Gasteiger partial charge in [-0.3, -0.25) is 0 Å². The second-order valence-corrected chi connectivity index (χ2v) is 4.72. The molecule has 0 atom stereocenters. The largest absolute Gasteiger partial charge is 0.284 e.